The zero-order chi connectivity index (χ0) is 19.6. The largest absolute Gasteiger partial charge is 0.393 e. The van der Waals surface area contributed by atoms with Crippen LogP contribution in [-0.4, -0.2) is 9.85 Å². The van der Waals surface area contributed by atoms with E-state index >= 15 is 0 Å². The van der Waals surface area contributed by atoms with Gasteiger partial charge in [-0.3, -0.25) is 20.2 Å². The normalized spacial score (nSPS) is 10.7. The van der Waals surface area contributed by atoms with Crippen molar-refractivity contribution in [1.29, 1.82) is 0 Å². The molecule has 0 unspecified atom stereocenters. The molecule has 8 nitrogen and oxygen atoms in total. The molecule has 0 radical (unpaired) electrons. The number of hydrogen-bond donors (Lipinski definition) is 2. The molecule has 3 aromatic rings. The Hall–Kier alpha value is -3.94. The minimum absolute atomic E-state index is 0.0545. The maximum absolute atomic E-state index is 11.3. The van der Waals surface area contributed by atoms with Crippen LogP contribution in [0.15, 0.2) is 66.7 Å². The van der Waals surface area contributed by atoms with Crippen LogP contribution < -0.4 is 11.5 Å². The van der Waals surface area contributed by atoms with E-state index in [4.69, 9.17) is 11.5 Å². The average molecular weight is 364 g/mol. The topological polar surface area (TPSA) is 138 Å². The Bertz CT molecular complexity index is 958. The molecule has 4 N–H and O–H groups in total. The summed E-state index contributed by atoms with van der Waals surface area (Å²) >= 11 is 0. The van der Waals surface area contributed by atoms with Crippen molar-refractivity contribution in [3.05, 3.63) is 104 Å². The van der Waals surface area contributed by atoms with Gasteiger partial charge < -0.3 is 11.5 Å². The van der Waals surface area contributed by atoms with E-state index in [1.54, 1.807) is 12.1 Å². The maximum Gasteiger partial charge on any atom is 0.292 e. The lowest BCUT2D eigenvalue weighted by atomic mass is 9.84. The molecule has 0 amide bonds. The number of nitrogen functional groups attached to an aromatic ring is 2. The second-order valence-electron chi connectivity index (χ2n) is 5.99. The number of benzene rings is 3. The smallest absolute Gasteiger partial charge is 0.292 e. The monoisotopic (exact) mass is 364 g/mol. The van der Waals surface area contributed by atoms with Crippen LogP contribution in [0.25, 0.3) is 0 Å². The Morgan fingerprint density at radius 3 is 1.52 bits per heavy atom. The van der Waals surface area contributed by atoms with Gasteiger partial charge in [-0.05, 0) is 28.8 Å². The molecule has 27 heavy (non-hydrogen) atoms. The van der Waals surface area contributed by atoms with Crippen LogP contribution in [0.5, 0.6) is 0 Å². The van der Waals surface area contributed by atoms with Crippen molar-refractivity contribution in [2.75, 3.05) is 11.5 Å². The molecule has 0 aliphatic heterocycles. The minimum Gasteiger partial charge on any atom is -0.393 e. The molecule has 0 saturated heterocycles. The Balaban J connectivity index is 2.23. The first-order chi connectivity index (χ1) is 12.9. The Kier molecular flexibility index (Phi) is 4.71. The Morgan fingerprint density at radius 2 is 1.11 bits per heavy atom. The lowest BCUT2D eigenvalue weighted by Gasteiger charge is -2.19. The van der Waals surface area contributed by atoms with Crippen LogP contribution in [0.4, 0.5) is 22.7 Å². The van der Waals surface area contributed by atoms with E-state index in [9.17, 15) is 20.2 Å². The fraction of sp³-hybridized carbons (Fsp3) is 0.0526. The number of nitro groups is 2. The van der Waals surface area contributed by atoms with Crippen molar-refractivity contribution < 1.29 is 9.85 Å². The van der Waals surface area contributed by atoms with Crippen molar-refractivity contribution in [2.45, 2.75) is 5.92 Å². The zero-order valence-corrected chi connectivity index (χ0v) is 14.1. The third-order valence-electron chi connectivity index (χ3n) is 4.30. The number of nitrogens with two attached hydrogens (primary N) is 2. The molecule has 3 rings (SSSR count). The lowest BCUT2D eigenvalue weighted by Crippen LogP contribution is -2.06. The molecule has 0 aliphatic carbocycles. The van der Waals surface area contributed by atoms with Gasteiger partial charge in [-0.15, -0.1) is 0 Å². The van der Waals surface area contributed by atoms with Crippen LogP contribution >= 0.6 is 0 Å². The van der Waals surface area contributed by atoms with Crippen molar-refractivity contribution in [3.63, 3.8) is 0 Å². The van der Waals surface area contributed by atoms with E-state index in [-0.39, 0.29) is 22.7 Å². The van der Waals surface area contributed by atoms with Crippen molar-refractivity contribution >= 4 is 22.7 Å². The number of rotatable bonds is 5. The highest BCUT2D eigenvalue weighted by Crippen LogP contribution is 2.37. The number of nitrogens with zero attached hydrogens (tertiary/aromatic N) is 2. The van der Waals surface area contributed by atoms with Crippen molar-refractivity contribution in [2.24, 2.45) is 0 Å². The standard InChI is InChI=1S/C19H16N4O4/c20-15-8-6-13(10-17(15)22(24)25)19(12-4-2-1-3-5-12)14-7-9-16(21)18(11-14)23(26)27/h1-11,19H,20-21H2. The van der Waals surface area contributed by atoms with Gasteiger partial charge in [0.2, 0.25) is 0 Å². The average Bonchev–Trinajstić information content (AvgIpc) is 2.65. The first kappa shape index (κ1) is 17.9. The SMILES string of the molecule is Nc1ccc(C(c2ccccc2)c2ccc(N)c([N+](=O)[O-])c2)cc1[N+](=O)[O-]. The maximum atomic E-state index is 11.3. The quantitative estimate of drug-likeness (QED) is 0.305. The van der Waals surface area contributed by atoms with Gasteiger partial charge in [-0.25, -0.2) is 0 Å². The second-order valence-corrected chi connectivity index (χ2v) is 5.99. The molecular weight excluding hydrogens is 348 g/mol. The first-order valence-electron chi connectivity index (χ1n) is 8.01. The summed E-state index contributed by atoms with van der Waals surface area (Å²) in [5.41, 5.74) is 13.1. The summed E-state index contributed by atoms with van der Waals surface area (Å²) in [6.07, 6.45) is 0. The molecule has 0 heterocycles. The predicted octanol–water partition coefficient (Wildman–Crippen LogP) is 3.85. The van der Waals surface area contributed by atoms with Crippen LogP contribution in [0, 0.1) is 20.2 Å². The Morgan fingerprint density at radius 1 is 0.667 bits per heavy atom. The van der Waals surface area contributed by atoms with Crippen molar-refractivity contribution in [1.82, 2.24) is 0 Å². The fourth-order valence-electron chi connectivity index (χ4n) is 3.02. The minimum atomic E-state index is -0.549. The third kappa shape index (κ3) is 3.54. The molecule has 0 saturated carbocycles. The van der Waals surface area contributed by atoms with Crippen molar-refractivity contribution in [3.8, 4) is 0 Å². The van der Waals surface area contributed by atoms with Gasteiger partial charge in [0.25, 0.3) is 11.4 Å². The van der Waals surface area contributed by atoms with Crippen LogP contribution in [0.1, 0.15) is 22.6 Å². The van der Waals surface area contributed by atoms with E-state index in [0.29, 0.717) is 11.1 Å². The highest BCUT2D eigenvalue weighted by Gasteiger charge is 2.23. The number of hydrogen-bond acceptors (Lipinski definition) is 6. The molecule has 0 atom stereocenters. The molecule has 8 heteroatoms. The fourth-order valence-corrected chi connectivity index (χ4v) is 3.02. The number of anilines is 2. The summed E-state index contributed by atoms with van der Waals surface area (Å²) in [5, 5.41) is 22.6. The number of nitro benzene ring substituents is 2. The molecule has 0 fully saturated rings. The molecule has 3 aromatic carbocycles. The molecule has 0 aliphatic rings. The van der Waals surface area contributed by atoms with Gasteiger partial charge in [0.1, 0.15) is 11.4 Å². The van der Waals surface area contributed by atoms with Gasteiger partial charge in [-0.2, -0.15) is 0 Å². The first-order valence-corrected chi connectivity index (χ1v) is 8.01. The van der Waals surface area contributed by atoms with E-state index in [1.807, 2.05) is 30.3 Å². The van der Waals surface area contributed by atoms with Gasteiger partial charge in [0, 0.05) is 18.1 Å². The summed E-state index contributed by atoms with van der Waals surface area (Å²) in [6.45, 7) is 0. The van der Waals surface area contributed by atoms with Gasteiger partial charge in [0.05, 0.1) is 9.85 Å². The second kappa shape index (κ2) is 7.12. The van der Waals surface area contributed by atoms with Gasteiger partial charge in [-0.1, -0.05) is 42.5 Å². The Labute approximate surface area is 154 Å². The molecule has 136 valence electrons. The molecule has 0 aromatic heterocycles. The predicted molar refractivity (Wildman–Crippen MR) is 102 cm³/mol. The highest BCUT2D eigenvalue weighted by atomic mass is 16.6. The van der Waals surface area contributed by atoms with Crippen LogP contribution in [-0.2, 0) is 0 Å². The molecular formula is C19H16N4O4. The summed E-state index contributed by atoms with van der Waals surface area (Å²) in [6, 6.07) is 18.3. The molecule has 0 spiro atoms. The summed E-state index contributed by atoms with van der Waals surface area (Å²) in [4.78, 5) is 21.5. The van der Waals surface area contributed by atoms with Gasteiger partial charge >= 0.3 is 0 Å². The van der Waals surface area contributed by atoms with E-state index in [2.05, 4.69) is 0 Å². The summed E-state index contributed by atoms with van der Waals surface area (Å²) in [5.74, 6) is -0.454. The summed E-state index contributed by atoms with van der Waals surface area (Å²) < 4.78 is 0. The van der Waals surface area contributed by atoms with E-state index in [0.717, 1.165) is 5.56 Å². The zero-order valence-electron chi connectivity index (χ0n) is 14.1. The van der Waals surface area contributed by atoms with E-state index in [1.165, 1.54) is 24.3 Å². The third-order valence-corrected chi connectivity index (χ3v) is 4.30. The highest BCUT2D eigenvalue weighted by molar-refractivity contribution is 5.64. The lowest BCUT2D eigenvalue weighted by molar-refractivity contribution is -0.384. The summed E-state index contributed by atoms with van der Waals surface area (Å²) in [7, 11) is 0. The van der Waals surface area contributed by atoms with Crippen LogP contribution in [0.2, 0.25) is 0 Å². The van der Waals surface area contributed by atoms with E-state index < -0.39 is 15.8 Å². The molecule has 0 bridgehead atoms. The van der Waals surface area contributed by atoms with Crippen LogP contribution in [0.3, 0.4) is 0 Å². The van der Waals surface area contributed by atoms with Gasteiger partial charge in [0.15, 0.2) is 0 Å².